The lowest BCUT2D eigenvalue weighted by Gasteiger charge is -2.09. The maximum absolute atomic E-state index is 13.5. The molecule has 3 nitrogen and oxygen atoms in total. The molecule has 7 heteroatoms. The van der Waals surface area contributed by atoms with E-state index in [-0.39, 0.29) is 11.8 Å². The van der Waals surface area contributed by atoms with Crippen LogP contribution in [0.15, 0.2) is 41.3 Å². The number of benzene rings is 2. The number of hydrogen-bond acceptors (Lipinski definition) is 2. The van der Waals surface area contributed by atoms with Crippen LogP contribution in [0.5, 0.6) is 0 Å². The Balaban J connectivity index is 2.40. The minimum Gasteiger partial charge on any atom is -0.280 e. The summed E-state index contributed by atoms with van der Waals surface area (Å²) in [5, 5.41) is 0. The number of aryl methyl sites for hydroxylation is 1. The molecule has 0 atom stereocenters. The van der Waals surface area contributed by atoms with E-state index in [4.69, 9.17) is 0 Å². The number of anilines is 1. The van der Waals surface area contributed by atoms with Crippen molar-refractivity contribution in [3.8, 4) is 0 Å². The molecule has 0 fully saturated rings. The minimum absolute atomic E-state index is 0.193. The van der Waals surface area contributed by atoms with Crippen molar-refractivity contribution < 1.29 is 21.6 Å². The van der Waals surface area contributed by atoms with Crippen molar-refractivity contribution in [2.45, 2.75) is 11.8 Å². The molecule has 0 aliphatic rings. The van der Waals surface area contributed by atoms with Gasteiger partial charge in [0.25, 0.3) is 10.0 Å². The van der Waals surface area contributed by atoms with Gasteiger partial charge in [-0.15, -0.1) is 0 Å². The smallest absolute Gasteiger partial charge is 0.264 e. The van der Waals surface area contributed by atoms with Crippen molar-refractivity contribution in [1.29, 1.82) is 0 Å². The third kappa shape index (κ3) is 2.93. The Hall–Kier alpha value is -2.02. The fraction of sp³-hybridized carbons (Fsp3) is 0.0769. The van der Waals surface area contributed by atoms with E-state index in [0.717, 1.165) is 5.56 Å². The molecule has 1 N–H and O–H groups in total. The number of nitrogens with one attached hydrogen (secondary N) is 1. The van der Waals surface area contributed by atoms with Gasteiger partial charge in [0.2, 0.25) is 0 Å². The van der Waals surface area contributed by atoms with E-state index in [2.05, 4.69) is 4.72 Å². The molecule has 0 saturated heterocycles. The number of halogens is 3. The molecule has 0 heterocycles. The minimum atomic E-state index is -4.33. The Bertz CT molecular complexity index is 743. The molecule has 2 aromatic carbocycles. The third-order valence-electron chi connectivity index (χ3n) is 2.57. The van der Waals surface area contributed by atoms with Crippen molar-refractivity contribution in [3.05, 3.63) is 59.4 Å². The predicted octanol–water partition coefficient (Wildman–Crippen LogP) is 3.21. The first-order chi connectivity index (χ1) is 9.29. The van der Waals surface area contributed by atoms with Crippen molar-refractivity contribution in [3.63, 3.8) is 0 Å². The van der Waals surface area contributed by atoms with Crippen LogP contribution in [-0.4, -0.2) is 8.42 Å². The molecule has 0 saturated carbocycles. The second-order valence-corrected chi connectivity index (χ2v) is 5.82. The Morgan fingerprint density at radius 1 is 0.900 bits per heavy atom. The topological polar surface area (TPSA) is 46.2 Å². The van der Waals surface area contributed by atoms with Crippen LogP contribution in [0, 0.1) is 24.4 Å². The van der Waals surface area contributed by atoms with Gasteiger partial charge < -0.3 is 0 Å². The maximum atomic E-state index is 13.5. The van der Waals surface area contributed by atoms with Crippen LogP contribution >= 0.6 is 0 Å². The fourth-order valence-corrected chi connectivity index (χ4v) is 2.67. The normalized spacial score (nSPS) is 11.4. The highest BCUT2D eigenvalue weighted by atomic mass is 32.2. The van der Waals surface area contributed by atoms with Gasteiger partial charge in [0.1, 0.15) is 10.7 Å². The Morgan fingerprint density at radius 2 is 1.45 bits per heavy atom. The van der Waals surface area contributed by atoms with Gasteiger partial charge in [-0.25, -0.2) is 21.6 Å². The molecule has 2 aromatic rings. The van der Waals surface area contributed by atoms with Gasteiger partial charge in [0.15, 0.2) is 11.6 Å². The number of hydrogen-bond donors (Lipinski definition) is 1. The van der Waals surface area contributed by atoms with Crippen LogP contribution in [0.1, 0.15) is 5.56 Å². The summed E-state index contributed by atoms with van der Waals surface area (Å²) < 4.78 is 65.3. The Labute approximate surface area is 114 Å². The van der Waals surface area contributed by atoms with Gasteiger partial charge in [-0.1, -0.05) is 17.7 Å². The quantitative estimate of drug-likeness (QED) is 0.885. The van der Waals surface area contributed by atoms with Gasteiger partial charge in [-0.3, -0.25) is 4.72 Å². The Morgan fingerprint density at radius 3 is 2.05 bits per heavy atom. The lowest BCUT2D eigenvalue weighted by atomic mass is 10.2. The first kappa shape index (κ1) is 14.4. The van der Waals surface area contributed by atoms with Crippen molar-refractivity contribution in [2.75, 3.05) is 4.72 Å². The molecule has 0 aliphatic carbocycles. The second-order valence-electron chi connectivity index (χ2n) is 4.17. The molecule has 0 radical (unpaired) electrons. The summed E-state index contributed by atoms with van der Waals surface area (Å²) in [6, 6.07) is 6.76. The first-order valence-corrected chi connectivity index (χ1v) is 7.02. The van der Waals surface area contributed by atoms with Crippen LogP contribution in [-0.2, 0) is 10.0 Å². The number of rotatable bonds is 3. The summed E-state index contributed by atoms with van der Waals surface area (Å²) in [4.78, 5) is -0.947. The summed E-state index contributed by atoms with van der Waals surface area (Å²) in [5.41, 5.74) is 1.10. The SMILES string of the molecule is Cc1ccc(NS(=O)(=O)c2cc(F)c(F)cc2F)cc1. The molecule has 0 aliphatic heterocycles. The fourth-order valence-electron chi connectivity index (χ4n) is 1.54. The molecular formula is C13H10F3NO2S. The Kier molecular flexibility index (Phi) is 3.71. The van der Waals surface area contributed by atoms with Gasteiger partial charge in [-0.05, 0) is 19.1 Å². The van der Waals surface area contributed by atoms with Crippen LogP contribution in [0.4, 0.5) is 18.9 Å². The first-order valence-electron chi connectivity index (χ1n) is 5.53. The van der Waals surface area contributed by atoms with E-state index in [1.807, 2.05) is 6.92 Å². The second kappa shape index (κ2) is 5.16. The molecule has 106 valence electrons. The van der Waals surface area contributed by atoms with Crippen LogP contribution < -0.4 is 4.72 Å². The van der Waals surface area contributed by atoms with Crippen molar-refractivity contribution in [1.82, 2.24) is 0 Å². The summed E-state index contributed by atoms with van der Waals surface area (Å²) in [6.07, 6.45) is 0. The zero-order chi connectivity index (χ0) is 14.9. The summed E-state index contributed by atoms with van der Waals surface area (Å²) >= 11 is 0. The van der Waals surface area contributed by atoms with E-state index in [1.165, 1.54) is 12.1 Å². The lowest BCUT2D eigenvalue weighted by molar-refractivity contribution is 0.482. The summed E-state index contributed by atoms with van der Waals surface area (Å²) in [7, 11) is -4.33. The highest BCUT2D eigenvalue weighted by Gasteiger charge is 2.22. The average molecular weight is 301 g/mol. The van der Waals surface area contributed by atoms with E-state index < -0.39 is 32.4 Å². The average Bonchev–Trinajstić information content (AvgIpc) is 2.36. The molecule has 0 unspecified atom stereocenters. The third-order valence-corrected chi connectivity index (χ3v) is 3.96. The summed E-state index contributed by atoms with van der Waals surface area (Å²) in [6.45, 7) is 1.81. The number of sulfonamides is 1. The van der Waals surface area contributed by atoms with Gasteiger partial charge in [-0.2, -0.15) is 0 Å². The van der Waals surface area contributed by atoms with Crippen LogP contribution in [0.3, 0.4) is 0 Å². The molecule has 0 bridgehead atoms. The van der Waals surface area contributed by atoms with E-state index in [0.29, 0.717) is 6.07 Å². The van der Waals surface area contributed by atoms with E-state index >= 15 is 0 Å². The zero-order valence-corrected chi connectivity index (χ0v) is 11.1. The molecule has 0 aromatic heterocycles. The van der Waals surface area contributed by atoms with Crippen LogP contribution in [0.2, 0.25) is 0 Å². The molecule has 2 rings (SSSR count). The zero-order valence-electron chi connectivity index (χ0n) is 10.3. The molecular weight excluding hydrogens is 291 g/mol. The standard InChI is InChI=1S/C13H10F3NO2S/c1-8-2-4-9(5-3-8)17-20(18,19)13-7-11(15)10(14)6-12(13)16/h2-7,17H,1H3. The van der Waals surface area contributed by atoms with Gasteiger partial charge in [0.05, 0.1) is 0 Å². The molecule has 0 amide bonds. The maximum Gasteiger partial charge on any atom is 0.264 e. The van der Waals surface area contributed by atoms with Gasteiger partial charge >= 0.3 is 0 Å². The monoisotopic (exact) mass is 301 g/mol. The summed E-state index contributed by atoms with van der Waals surface area (Å²) in [5.74, 6) is -4.24. The van der Waals surface area contributed by atoms with E-state index in [9.17, 15) is 21.6 Å². The van der Waals surface area contributed by atoms with Crippen molar-refractivity contribution in [2.24, 2.45) is 0 Å². The molecule has 20 heavy (non-hydrogen) atoms. The van der Waals surface area contributed by atoms with Crippen LogP contribution in [0.25, 0.3) is 0 Å². The predicted molar refractivity (Wildman–Crippen MR) is 68.3 cm³/mol. The lowest BCUT2D eigenvalue weighted by Crippen LogP contribution is -2.15. The highest BCUT2D eigenvalue weighted by molar-refractivity contribution is 7.92. The largest absolute Gasteiger partial charge is 0.280 e. The molecule has 0 spiro atoms. The highest BCUT2D eigenvalue weighted by Crippen LogP contribution is 2.21. The van der Waals surface area contributed by atoms with Crippen molar-refractivity contribution >= 4 is 15.7 Å². The van der Waals surface area contributed by atoms with Gasteiger partial charge in [0, 0.05) is 17.8 Å². The van der Waals surface area contributed by atoms with E-state index in [1.54, 1.807) is 12.1 Å².